The first-order valence-corrected chi connectivity index (χ1v) is 8.88. The second kappa shape index (κ2) is 5.57. The van der Waals surface area contributed by atoms with Crippen molar-refractivity contribution in [2.75, 3.05) is 6.26 Å². The molecule has 1 aliphatic carbocycles. The Balaban J connectivity index is 2.62. The fourth-order valence-corrected chi connectivity index (χ4v) is 4.43. The SMILES string of the molecule is CS(=O)(=O)c1c(F)cc(C2(C(=O)O)CCCCC2)cc1Cl. The molecule has 0 saturated heterocycles. The lowest BCUT2D eigenvalue weighted by atomic mass is 9.69. The monoisotopic (exact) mass is 334 g/mol. The third-order valence-electron chi connectivity index (χ3n) is 4.04. The van der Waals surface area contributed by atoms with E-state index in [1.165, 1.54) is 6.07 Å². The van der Waals surface area contributed by atoms with Crippen LogP contribution in [0.4, 0.5) is 4.39 Å². The zero-order chi connectivity index (χ0) is 15.8. The number of benzene rings is 1. The lowest BCUT2D eigenvalue weighted by Crippen LogP contribution is -2.38. The fourth-order valence-electron chi connectivity index (χ4n) is 2.97. The summed E-state index contributed by atoms with van der Waals surface area (Å²) >= 11 is 5.89. The minimum Gasteiger partial charge on any atom is -0.481 e. The van der Waals surface area contributed by atoms with Gasteiger partial charge in [0, 0.05) is 6.26 Å². The maximum absolute atomic E-state index is 14.1. The van der Waals surface area contributed by atoms with Crippen LogP contribution in [0.3, 0.4) is 0 Å². The Morgan fingerprint density at radius 3 is 2.29 bits per heavy atom. The normalized spacial score (nSPS) is 18.4. The van der Waals surface area contributed by atoms with Crippen LogP contribution in [0, 0.1) is 5.82 Å². The maximum atomic E-state index is 14.1. The van der Waals surface area contributed by atoms with Gasteiger partial charge in [0.25, 0.3) is 0 Å². The van der Waals surface area contributed by atoms with E-state index in [0.717, 1.165) is 31.6 Å². The van der Waals surface area contributed by atoms with Gasteiger partial charge in [0.15, 0.2) is 9.84 Å². The summed E-state index contributed by atoms with van der Waals surface area (Å²) in [6, 6.07) is 2.28. The number of sulfone groups is 1. The van der Waals surface area contributed by atoms with Crippen LogP contribution >= 0.6 is 11.6 Å². The van der Waals surface area contributed by atoms with Gasteiger partial charge in [0.05, 0.1) is 10.4 Å². The van der Waals surface area contributed by atoms with E-state index >= 15 is 0 Å². The van der Waals surface area contributed by atoms with Crippen LogP contribution in [0.1, 0.15) is 37.7 Å². The van der Waals surface area contributed by atoms with Crippen molar-refractivity contribution in [3.8, 4) is 0 Å². The van der Waals surface area contributed by atoms with Crippen molar-refractivity contribution < 1.29 is 22.7 Å². The lowest BCUT2D eigenvalue weighted by Gasteiger charge is -2.34. The second-order valence-corrected chi connectivity index (χ2v) is 7.85. The molecule has 0 bridgehead atoms. The van der Waals surface area contributed by atoms with Gasteiger partial charge < -0.3 is 5.11 Å². The number of carboxylic acids is 1. The topological polar surface area (TPSA) is 71.4 Å². The first-order chi connectivity index (χ1) is 9.68. The van der Waals surface area contributed by atoms with Gasteiger partial charge in [-0.15, -0.1) is 0 Å². The van der Waals surface area contributed by atoms with Crippen molar-refractivity contribution in [2.24, 2.45) is 0 Å². The lowest BCUT2D eigenvalue weighted by molar-refractivity contribution is -0.145. The maximum Gasteiger partial charge on any atom is 0.314 e. The van der Waals surface area contributed by atoms with E-state index in [2.05, 4.69) is 0 Å². The minimum absolute atomic E-state index is 0.240. The molecule has 0 aliphatic heterocycles. The second-order valence-electron chi connectivity index (χ2n) is 5.49. The Kier molecular flexibility index (Phi) is 4.31. The average molecular weight is 335 g/mol. The van der Waals surface area contributed by atoms with Gasteiger partial charge in [-0.3, -0.25) is 4.79 Å². The summed E-state index contributed by atoms with van der Waals surface area (Å²) in [4.78, 5) is 11.1. The van der Waals surface area contributed by atoms with E-state index in [-0.39, 0.29) is 10.6 Å². The summed E-state index contributed by atoms with van der Waals surface area (Å²) in [5.74, 6) is -2.02. The largest absolute Gasteiger partial charge is 0.481 e. The highest BCUT2D eigenvalue weighted by atomic mass is 35.5. The van der Waals surface area contributed by atoms with Gasteiger partial charge in [-0.2, -0.15) is 0 Å². The van der Waals surface area contributed by atoms with Gasteiger partial charge in [0.2, 0.25) is 0 Å². The third-order valence-corrected chi connectivity index (χ3v) is 5.60. The number of carboxylic acid groups (broad SMARTS) is 1. The predicted molar refractivity (Wildman–Crippen MR) is 76.9 cm³/mol. The Labute approximate surface area is 127 Å². The van der Waals surface area contributed by atoms with E-state index in [9.17, 15) is 22.7 Å². The molecule has 21 heavy (non-hydrogen) atoms. The summed E-state index contributed by atoms with van der Waals surface area (Å²) < 4.78 is 37.2. The Morgan fingerprint density at radius 1 is 1.29 bits per heavy atom. The number of aliphatic carboxylic acids is 1. The smallest absolute Gasteiger partial charge is 0.314 e. The summed E-state index contributed by atoms with van der Waals surface area (Å²) in [6.45, 7) is 0. The Bertz CT molecular complexity index is 655. The molecule has 2 rings (SSSR count). The van der Waals surface area contributed by atoms with E-state index in [4.69, 9.17) is 11.6 Å². The van der Waals surface area contributed by atoms with Gasteiger partial charge in [-0.25, -0.2) is 12.8 Å². The van der Waals surface area contributed by atoms with Crippen LogP contribution in [-0.2, 0) is 20.0 Å². The molecule has 1 aromatic rings. The van der Waals surface area contributed by atoms with Crippen LogP contribution in [0.2, 0.25) is 5.02 Å². The van der Waals surface area contributed by atoms with Crippen LogP contribution in [-0.4, -0.2) is 25.7 Å². The molecule has 1 saturated carbocycles. The molecule has 7 heteroatoms. The molecule has 0 spiro atoms. The minimum atomic E-state index is -3.81. The van der Waals surface area contributed by atoms with Crippen molar-refractivity contribution in [2.45, 2.75) is 42.4 Å². The van der Waals surface area contributed by atoms with Crippen LogP contribution in [0.15, 0.2) is 17.0 Å². The highest BCUT2D eigenvalue weighted by molar-refractivity contribution is 7.90. The van der Waals surface area contributed by atoms with Gasteiger partial charge in [0.1, 0.15) is 10.7 Å². The molecule has 0 aromatic heterocycles. The van der Waals surface area contributed by atoms with Crippen molar-refractivity contribution in [1.82, 2.24) is 0 Å². The molecule has 1 aromatic carbocycles. The molecule has 116 valence electrons. The first kappa shape index (κ1) is 16.2. The van der Waals surface area contributed by atoms with Gasteiger partial charge in [-0.1, -0.05) is 30.9 Å². The fraction of sp³-hybridized carbons (Fsp3) is 0.500. The quantitative estimate of drug-likeness (QED) is 0.921. The molecule has 0 atom stereocenters. The Hall–Kier alpha value is -1.14. The van der Waals surface area contributed by atoms with Crippen molar-refractivity contribution >= 4 is 27.4 Å². The van der Waals surface area contributed by atoms with E-state index in [0.29, 0.717) is 12.8 Å². The third kappa shape index (κ3) is 2.92. The van der Waals surface area contributed by atoms with Crippen LogP contribution in [0.5, 0.6) is 0 Å². The summed E-state index contributed by atoms with van der Waals surface area (Å²) in [6.07, 6.45) is 4.07. The number of hydrogen-bond donors (Lipinski definition) is 1. The molecular formula is C14H16ClFO4S. The first-order valence-electron chi connectivity index (χ1n) is 6.61. The van der Waals surface area contributed by atoms with Crippen LogP contribution in [0.25, 0.3) is 0 Å². The molecule has 1 aliphatic rings. The van der Waals surface area contributed by atoms with Gasteiger partial charge in [-0.05, 0) is 30.5 Å². The van der Waals surface area contributed by atoms with Crippen molar-refractivity contribution in [1.29, 1.82) is 0 Å². The molecule has 4 nitrogen and oxygen atoms in total. The molecule has 0 amide bonds. The molecule has 1 fully saturated rings. The molecule has 0 heterocycles. The molecule has 0 unspecified atom stereocenters. The number of carbonyl (C=O) groups is 1. The highest BCUT2D eigenvalue weighted by Gasteiger charge is 2.42. The molecular weight excluding hydrogens is 319 g/mol. The summed E-state index contributed by atoms with van der Waals surface area (Å²) in [5, 5.41) is 9.30. The zero-order valence-electron chi connectivity index (χ0n) is 11.5. The number of rotatable bonds is 3. The standard InChI is InChI=1S/C14H16ClFO4S/c1-21(19,20)12-10(15)7-9(8-11(12)16)14(13(17)18)5-3-2-4-6-14/h7-8H,2-6H2,1H3,(H,17,18). The zero-order valence-corrected chi connectivity index (χ0v) is 13.1. The average Bonchev–Trinajstić information content (AvgIpc) is 2.36. The highest BCUT2D eigenvalue weighted by Crippen LogP contribution is 2.42. The Morgan fingerprint density at radius 2 is 1.86 bits per heavy atom. The molecule has 1 N–H and O–H groups in total. The van der Waals surface area contributed by atoms with Crippen molar-refractivity contribution in [3.63, 3.8) is 0 Å². The van der Waals surface area contributed by atoms with Crippen LogP contribution < -0.4 is 0 Å². The summed E-state index contributed by atoms with van der Waals surface area (Å²) in [5.41, 5.74) is -0.941. The summed E-state index contributed by atoms with van der Waals surface area (Å²) in [7, 11) is -3.81. The van der Waals surface area contributed by atoms with E-state index in [1.807, 2.05) is 0 Å². The van der Waals surface area contributed by atoms with E-state index in [1.54, 1.807) is 0 Å². The number of halogens is 2. The predicted octanol–water partition coefficient (Wildman–Crippen LogP) is 3.17. The molecule has 0 radical (unpaired) electrons. The number of hydrogen-bond acceptors (Lipinski definition) is 3. The van der Waals surface area contributed by atoms with E-state index < -0.39 is 31.9 Å². The van der Waals surface area contributed by atoms with Crippen molar-refractivity contribution in [3.05, 3.63) is 28.5 Å². The van der Waals surface area contributed by atoms with Gasteiger partial charge >= 0.3 is 5.97 Å².